The number of rotatable bonds is 0. The summed E-state index contributed by atoms with van der Waals surface area (Å²) in [6.45, 7) is 3.88. The summed E-state index contributed by atoms with van der Waals surface area (Å²) in [6, 6.07) is 0. The first-order valence-electron chi connectivity index (χ1n) is 3.47. The average Bonchev–Trinajstić information content (AvgIpc) is 2.00. The van der Waals surface area contributed by atoms with Crippen molar-refractivity contribution in [3.63, 3.8) is 0 Å². The number of nitrogens with zero attached hydrogens (tertiary/aromatic N) is 2. The minimum absolute atomic E-state index is 0.908. The Labute approximate surface area is 67.3 Å². The van der Waals surface area contributed by atoms with E-state index in [1.807, 2.05) is 48.6 Å². The first-order chi connectivity index (χ1) is 5.22. The molecule has 0 amide bonds. The highest BCUT2D eigenvalue weighted by molar-refractivity contribution is 5.07. The van der Waals surface area contributed by atoms with Crippen molar-refractivity contribution in [1.82, 2.24) is 15.3 Å². The van der Waals surface area contributed by atoms with E-state index >= 15 is 0 Å². The van der Waals surface area contributed by atoms with Crippen molar-refractivity contribution in [2.24, 2.45) is 0 Å². The van der Waals surface area contributed by atoms with E-state index in [1.54, 1.807) is 0 Å². The molecule has 0 aromatic rings. The predicted octanol–water partition coefficient (Wildman–Crippen LogP) is 0.867. The van der Waals surface area contributed by atoms with E-state index in [4.69, 9.17) is 0 Å². The monoisotopic (exact) mass is 151 g/mol. The molecule has 0 aromatic carbocycles. The quantitative estimate of drug-likeness (QED) is 0.554. The van der Waals surface area contributed by atoms with Crippen molar-refractivity contribution in [2.75, 3.05) is 14.1 Å². The van der Waals surface area contributed by atoms with Gasteiger partial charge in [0, 0.05) is 26.5 Å². The highest BCUT2D eigenvalue weighted by atomic mass is 15.5. The second-order valence-corrected chi connectivity index (χ2v) is 2.42. The standard InChI is InChI=1S/C8H13N3/c1-8-10(2)7-5-4-6-9-11(8)3/h4-7,9H,1H2,2-3H3/b6-4-,7-5-. The van der Waals surface area contributed by atoms with Crippen LogP contribution in [0.5, 0.6) is 0 Å². The zero-order valence-electron chi connectivity index (χ0n) is 6.91. The van der Waals surface area contributed by atoms with Gasteiger partial charge in [0.25, 0.3) is 0 Å². The van der Waals surface area contributed by atoms with Crippen molar-refractivity contribution < 1.29 is 0 Å². The van der Waals surface area contributed by atoms with E-state index in [-0.39, 0.29) is 0 Å². The van der Waals surface area contributed by atoms with Crippen LogP contribution in [0, 0.1) is 0 Å². The zero-order chi connectivity index (χ0) is 8.27. The van der Waals surface area contributed by atoms with Gasteiger partial charge in [0.2, 0.25) is 0 Å². The summed E-state index contributed by atoms with van der Waals surface area (Å²) >= 11 is 0. The molecule has 0 aliphatic carbocycles. The molecule has 1 N–H and O–H groups in total. The molecule has 1 heterocycles. The van der Waals surface area contributed by atoms with Crippen LogP contribution in [0.15, 0.2) is 37.0 Å². The third-order valence-corrected chi connectivity index (χ3v) is 1.58. The van der Waals surface area contributed by atoms with Gasteiger partial charge in [0.1, 0.15) is 5.82 Å². The average molecular weight is 151 g/mol. The van der Waals surface area contributed by atoms with Gasteiger partial charge in [0.05, 0.1) is 0 Å². The lowest BCUT2D eigenvalue weighted by molar-refractivity contribution is 0.272. The smallest absolute Gasteiger partial charge is 0.119 e. The van der Waals surface area contributed by atoms with Gasteiger partial charge in [-0.25, -0.2) is 0 Å². The molecule has 0 saturated heterocycles. The predicted molar refractivity (Wildman–Crippen MR) is 46.1 cm³/mol. The maximum atomic E-state index is 3.88. The van der Waals surface area contributed by atoms with Crippen LogP contribution in [0.4, 0.5) is 0 Å². The molecule has 0 spiro atoms. The van der Waals surface area contributed by atoms with E-state index in [0.717, 1.165) is 5.82 Å². The Morgan fingerprint density at radius 2 is 2.09 bits per heavy atom. The highest BCUT2D eigenvalue weighted by Gasteiger charge is 2.02. The summed E-state index contributed by atoms with van der Waals surface area (Å²) in [6.07, 6.45) is 7.69. The third kappa shape index (κ3) is 1.77. The fraction of sp³-hybridized carbons (Fsp3) is 0.250. The van der Waals surface area contributed by atoms with Gasteiger partial charge in [0.15, 0.2) is 0 Å². The maximum absolute atomic E-state index is 3.88. The lowest BCUT2D eigenvalue weighted by Crippen LogP contribution is -2.35. The molecule has 60 valence electrons. The summed E-state index contributed by atoms with van der Waals surface area (Å²) in [5.74, 6) is 0.908. The van der Waals surface area contributed by atoms with Gasteiger partial charge in [-0.2, -0.15) is 0 Å². The molecule has 11 heavy (non-hydrogen) atoms. The van der Waals surface area contributed by atoms with Crippen LogP contribution in [-0.2, 0) is 0 Å². The number of hydrogen-bond donors (Lipinski definition) is 1. The number of hydrogen-bond acceptors (Lipinski definition) is 3. The SMILES string of the molecule is C=C1N(C)/C=C\C=C/NN1C. The Morgan fingerprint density at radius 1 is 1.36 bits per heavy atom. The Kier molecular flexibility index (Phi) is 2.21. The second-order valence-electron chi connectivity index (χ2n) is 2.42. The molecule has 0 aromatic heterocycles. The first kappa shape index (κ1) is 7.72. The molecule has 0 radical (unpaired) electrons. The fourth-order valence-electron chi connectivity index (χ4n) is 0.786. The van der Waals surface area contributed by atoms with Gasteiger partial charge < -0.3 is 10.3 Å². The van der Waals surface area contributed by atoms with E-state index < -0.39 is 0 Å². The van der Waals surface area contributed by atoms with Gasteiger partial charge in [-0.1, -0.05) is 6.58 Å². The molecule has 0 fully saturated rings. The van der Waals surface area contributed by atoms with E-state index in [0.29, 0.717) is 0 Å². The highest BCUT2D eigenvalue weighted by Crippen LogP contribution is 2.03. The maximum Gasteiger partial charge on any atom is 0.119 e. The lowest BCUT2D eigenvalue weighted by atomic mass is 10.5. The number of nitrogens with one attached hydrogen (secondary N) is 1. The summed E-state index contributed by atoms with van der Waals surface area (Å²) in [5.41, 5.74) is 3.02. The Morgan fingerprint density at radius 3 is 2.82 bits per heavy atom. The van der Waals surface area contributed by atoms with Crippen LogP contribution in [0.1, 0.15) is 0 Å². The van der Waals surface area contributed by atoms with Crippen LogP contribution < -0.4 is 5.43 Å². The molecule has 1 aliphatic heterocycles. The Bertz CT molecular complexity index is 205. The van der Waals surface area contributed by atoms with Crippen molar-refractivity contribution in [2.45, 2.75) is 0 Å². The van der Waals surface area contributed by atoms with E-state index in [9.17, 15) is 0 Å². The second kappa shape index (κ2) is 3.14. The van der Waals surface area contributed by atoms with Crippen molar-refractivity contribution in [3.8, 4) is 0 Å². The summed E-state index contributed by atoms with van der Waals surface area (Å²) in [4.78, 5) is 1.94. The van der Waals surface area contributed by atoms with Gasteiger partial charge >= 0.3 is 0 Å². The third-order valence-electron chi connectivity index (χ3n) is 1.58. The van der Waals surface area contributed by atoms with Crippen molar-refractivity contribution in [1.29, 1.82) is 0 Å². The summed E-state index contributed by atoms with van der Waals surface area (Å²) in [7, 11) is 3.87. The molecule has 3 heteroatoms. The molecule has 1 aliphatic rings. The fourth-order valence-corrected chi connectivity index (χ4v) is 0.786. The number of hydrazine groups is 1. The zero-order valence-corrected chi connectivity index (χ0v) is 6.91. The first-order valence-corrected chi connectivity index (χ1v) is 3.47. The Hall–Kier alpha value is -1.38. The summed E-state index contributed by atoms with van der Waals surface area (Å²) in [5, 5.41) is 1.85. The minimum atomic E-state index is 0.908. The Balaban J connectivity index is 2.75. The van der Waals surface area contributed by atoms with Crippen LogP contribution in [0.2, 0.25) is 0 Å². The molecule has 3 nitrogen and oxygen atoms in total. The molecular formula is C8H13N3. The van der Waals surface area contributed by atoms with Crippen molar-refractivity contribution >= 4 is 0 Å². The normalized spacial score (nSPS) is 23.6. The largest absolute Gasteiger partial charge is 0.337 e. The van der Waals surface area contributed by atoms with Gasteiger partial charge in [-0.05, 0) is 12.2 Å². The van der Waals surface area contributed by atoms with Crippen molar-refractivity contribution in [3.05, 3.63) is 37.0 Å². The number of allylic oxidation sites excluding steroid dienone is 2. The molecule has 0 atom stereocenters. The molecular weight excluding hydrogens is 138 g/mol. The van der Waals surface area contributed by atoms with Crippen LogP contribution in [0.3, 0.4) is 0 Å². The minimum Gasteiger partial charge on any atom is -0.337 e. The van der Waals surface area contributed by atoms with Crippen LogP contribution in [0.25, 0.3) is 0 Å². The molecule has 1 rings (SSSR count). The van der Waals surface area contributed by atoms with E-state index in [1.165, 1.54) is 0 Å². The van der Waals surface area contributed by atoms with Crippen LogP contribution >= 0.6 is 0 Å². The van der Waals surface area contributed by atoms with Gasteiger partial charge in [-0.3, -0.25) is 5.01 Å². The van der Waals surface area contributed by atoms with Crippen LogP contribution in [-0.4, -0.2) is 24.0 Å². The molecule has 0 bridgehead atoms. The van der Waals surface area contributed by atoms with E-state index in [2.05, 4.69) is 12.0 Å². The summed E-state index contributed by atoms with van der Waals surface area (Å²) < 4.78 is 0. The van der Waals surface area contributed by atoms with Gasteiger partial charge in [-0.15, -0.1) is 0 Å². The molecule has 0 saturated carbocycles. The molecule has 0 unspecified atom stereocenters. The lowest BCUT2D eigenvalue weighted by Gasteiger charge is -2.28. The topological polar surface area (TPSA) is 18.5 Å².